The van der Waals surface area contributed by atoms with Crippen molar-refractivity contribution >= 4 is 27.7 Å². The average Bonchev–Trinajstić information content (AvgIpc) is 2.79. The molecule has 90 valence electrons. The van der Waals surface area contributed by atoms with Gasteiger partial charge in [-0.2, -0.15) is 11.8 Å². The Morgan fingerprint density at radius 1 is 1.24 bits per heavy atom. The number of hydrogen-bond donors (Lipinski definition) is 1. The summed E-state index contributed by atoms with van der Waals surface area (Å²) in [5.74, 6) is 2.80. The summed E-state index contributed by atoms with van der Waals surface area (Å²) in [7, 11) is 0. The van der Waals surface area contributed by atoms with Gasteiger partial charge in [-0.25, -0.2) is 0 Å². The molecule has 0 aliphatic rings. The van der Waals surface area contributed by atoms with E-state index < -0.39 is 0 Å². The Labute approximate surface area is 112 Å². The third-order valence-electron chi connectivity index (χ3n) is 2.05. The summed E-state index contributed by atoms with van der Waals surface area (Å²) in [5, 5.41) is 8.02. The number of benzene rings is 1. The molecule has 17 heavy (non-hydrogen) atoms. The van der Waals surface area contributed by atoms with E-state index in [1.165, 1.54) is 0 Å². The number of halogens is 1. The Morgan fingerprint density at radius 2 is 2.00 bits per heavy atom. The van der Waals surface area contributed by atoms with Crippen molar-refractivity contribution in [3.05, 3.63) is 34.6 Å². The van der Waals surface area contributed by atoms with Crippen LogP contribution in [0.25, 0.3) is 11.5 Å². The van der Waals surface area contributed by atoms with Crippen molar-refractivity contribution < 1.29 is 4.42 Å². The highest BCUT2D eigenvalue weighted by Crippen LogP contribution is 2.21. The summed E-state index contributed by atoms with van der Waals surface area (Å²) >= 11 is 5.07. The van der Waals surface area contributed by atoms with E-state index in [4.69, 9.17) is 10.2 Å². The molecule has 2 aromatic rings. The minimum absolute atomic E-state index is 0.556. The second-order valence-electron chi connectivity index (χ2n) is 3.35. The first-order chi connectivity index (χ1) is 8.29. The Bertz CT molecular complexity index is 472. The molecule has 0 saturated heterocycles. The van der Waals surface area contributed by atoms with E-state index in [-0.39, 0.29) is 0 Å². The van der Waals surface area contributed by atoms with Crippen LogP contribution >= 0.6 is 27.7 Å². The number of rotatable bonds is 5. The maximum atomic E-state index is 5.56. The zero-order valence-corrected chi connectivity index (χ0v) is 11.5. The van der Waals surface area contributed by atoms with Crippen molar-refractivity contribution in [3.8, 4) is 11.5 Å². The molecule has 0 amide bonds. The lowest BCUT2D eigenvalue weighted by Crippen LogP contribution is -2.01. The molecule has 4 nitrogen and oxygen atoms in total. The van der Waals surface area contributed by atoms with Crippen molar-refractivity contribution in [3.63, 3.8) is 0 Å². The predicted octanol–water partition coefficient (Wildman–Crippen LogP) is 2.69. The second kappa shape index (κ2) is 6.18. The summed E-state index contributed by atoms with van der Waals surface area (Å²) in [6.45, 7) is 0.665. The van der Waals surface area contributed by atoms with Gasteiger partial charge in [-0.15, -0.1) is 10.2 Å². The van der Waals surface area contributed by atoms with Crippen molar-refractivity contribution in [2.45, 2.75) is 5.75 Å². The normalized spacial score (nSPS) is 10.7. The Hall–Kier alpha value is -0.850. The SMILES string of the molecule is NCCSCc1nnc(-c2ccc(Br)cc2)o1. The van der Waals surface area contributed by atoms with Crippen LogP contribution in [0.3, 0.4) is 0 Å². The van der Waals surface area contributed by atoms with Crippen molar-refractivity contribution in [2.24, 2.45) is 5.73 Å². The van der Waals surface area contributed by atoms with Gasteiger partial charge in [0.2, 0.25) is 11.8 Å². The molecule has 0 atom stereocenters. The highest BCUT2D eigenvalue weighted by Gasteiger charge is 2.07. The topological polar surface area (TPSA) is 64.9 Å². The maximum Gasteiger partial charge on any atom is 0.247 e. The summed E-state index contributed by atoms with van der Waals surface area (Å²) < 4.78 is 6.58. The first-order valence-corrected chi connectivity index (χ1v) is 7.10. The molecule has 0 aliphatic carbocycles. The van der Waals surface area contributed by atoms with Crippen molar-refractivity contribution in [1.29, 1.82) is 0 Å². The fraction of sp³-hybridized carbons (Fsp3) is 0.273. The van der Waals surface area contributed by atoms with Crippen LogP contribution < -0.4 is 5.73 Å². The molecule has 0 bridgehead atoms. The van der Waals surface area contributed by atoms with E-state index in [2.05, 4.69) is 26.1 Å². The molecule has 1 heterocycles. The minimum Gasteiger partial charge on any atom is -0.420 e. The molecule has 2 N–H and O–H groups in total. The van der Waals surface area contributed by atoms with Gasteiger partial charge in [0.1, 0.15) is 0 Å². The lowest BCUT2D eigenvalue weighted by Gasteiger charge is -1.95. The van der Waals surface area contributed by atoms with Crippen LogP contribution in [-0.2, 0) is 5.75 Å². The van der Waals surface area contributed by atoms with Crippen LogP contribution in [0.4, 0.5) is 0 Å². The number of nitrogens with zero attached hydrogens (tertiary/aromatic N) is 2. The van der Waals surface area contributed by atoms with Gasteiger partial charge in [-0.3, -0.25) is 0 Å². The van der Waals surface area contributed by atoms with Gasteiger partial charge >= 0.3 is 0 Å². The molecule has 0 unspecified atom stereocenters. The van der Waals surface area contributed by atoms with Gasteiger partial charge in [-0.1, -0.05) is 15.9 Å². The highest BCUT2D eigenvalue weighted by molar-refractivity contribution is 9.10. The van der Waals surface area contributed by atoms with Crippen molar-refractivity contribution in [1.82, 2.24) is 10.2 Å². The van der Waals surface area contributed by atoms with Crippen molar-refractivity contribution in [2.75, 3.05) is 12.3 Å². The van der Waals surface area contributed by atoms with Gasteiger partial charge < -0.3 is 10.2 Å². The molecule has 0 fully saturated rings. The monoisotopic (exact) mass is 313 g/mol. The number of aromatic nitrogens is 2. The molecular formula is C11H12BrN3OS. The van der Waals surface area contributed by atoms with E-state index in [0.717, 1.165) is 15.8 Å². The minimum atomic E-state index is 0.556. The Morgan fingerprint density at radius 3 is 2.71 bits per heavy atom. The molecule has 0 aliphatic heterocycles. The van der Waals surface area contributed by atoms with Crippen LogP contribution in [0.2, 0.25) is 0 Å². The smallest absolute Gasteiger partial charge is 0.247 e. The Balaban J connectivity index is 2.04. The van der Waals surface area contributed by atoms with Crippen LogP contribution in [0.15, 0.2) is 33.2 Å². The summed E-state index contributed by atoms with van der Waals surface area (Å²) in [6, 6.07) is 7.77. The quantitative estimate of drug-likeness (QED) is 0.860. The van der Waals surface area contributed by atoms with Gasteiger partial charge in [0.15, 0.2) is 0 Å². The molecule has 0 radical (unpaired) electrons. The van der Waals surface area contributed by atoms with E-state index in [1.54, 1.807) is 11.8 Å². The van der Waals surface area contributed by atoms with Crippen LogP contribution in [0.1, 0.15) is 5.89 Å². The van der Waals surface area contributed by atoms with Gasteiger partial charge in [0.05, 0.1) is 5.75 Å². The third kappa shape index (κ3) is 3.55. The fourth-order valence-electron chi connectivity index (χ4n) is 1.26. The van der Waals surface area contributed by atoms with Crippen LogP contribution in [0, 0.1) is 0 Å². The van der Waals surface area contributed by atoms with Gasteiger partial charge in [0.25, 0.3) is 0 Å². The third-order valence-corrected chi connectivity index (χ3v) is 3.55. The number of thioether (sulfide) groups is 1. The van der Waals surface area contributed by atoms with E-state index in [9.17, 15) is 0 Å². The van der Waals surface area contributed by atoms with Crippen LogP contribution in [-0.4, -0.2) is 22.5 Å². The molecule has 0 spiro atoms. The summed E-state index contributed by atoms with van der Waals surface area (Å²) in [4.78, 5) is 0. The van der Waals surface area contributed by atoms with E-state index in [1.807, 2.05) is 24.3 Å². The average molecular weight is 314 g/mol. The lowest BCUT2D eigenvalue weighted by atomic mass is 10.2. The summed E-state index contributed by atoms with van der Waals surface area (Å²) in [6.07, 6.45) is 0. The van der Waals surface area contributed by atoms with Gasteiger partial charge in [0, 0.05) is 22.3 Å². The zero-order valence-electron chi connectivity index (χ0n) is 9.10. The first kappa shape index (κ1) is 12.6. The molecule has 1 aromatic carbocycles. The maximum absolute atomic E-state index is 5.56. The second-order valence-corrected chi connectivity index (χ2v) is 5.37. The van der Waals surface area contributed by atoms with E-state index in [0.29, 0.717) is 24.1 Å². The fourth-order valence-corrected chi connectivity index (χ4v) is 2.13. The molecule has 2 rings (SSSR count). The molecule has 0 saturated carbocycles. The molecule has 1 aromatic heterocycles. The predicted molar refractivity (Wildman–Crippen MR) is 72.7 cm³/mol. The van der Waals surface area contributed by atoms with Gasteiger partial charge in [-0.05, 0) is 24.3 Å². The zero-order chi connectivity index (χ0) is 12.1. The largest absolute Gasteiger partial charge is 0.420 e. The summed E-state index contributed by atoms with van der Waals surface area (Å²) in [5.41, 5.74) is 6.34. The number of hydrogen-bond acceptors (Lipinski definition) is 5. The Kier molecular flexibility index (Phi) is 4.58. The first-order valence-electron chi connectivity index (χ1n) is 5.15. The molecular weight excluding hydrogens is 302 g/mol. The van der Waals surface area contributed by atoms with Crippen LogP contribution in [0.5, 0.6) is 0 Å². The highest BCUT2D eigenvalue weighted by atomic mass is 79.9. The van der Waals surface area contributed by atoms with E-state index >= 15 is 0 Å². The standard InChI is InChI=1S/C11H12BrN3OS/c12-9-3-1-8(2-4-9)11-15-14-10(16-11)7-17-6-5-13/h1-4H,5-7,13H2. The lowest BCUT2D eigenvalue weighted by molar-refractivity contribution is 0.528. The molecule has 6 heteroatoms. The number of nitrogens with two attached hydrogens (primary N) is 1.